The second-order valence-electron chi connectivity index (χ2n) is 18.8. The number of likely N-dealkylation sites (tertiary alicyclic amines) is 1. The molecule has 6 aliphatic rings. The first-order valence-electron chi connectivity index (χ1n) is 23.5. The molecule has 12 rings (SSSR count). The van der Waals surface area contributed by atoms with Crippen molar-refractivity contribution in [3.05, 3.63) is 104 Å². The molecule has 2 aliphatic carbocycles. The van der Waals surface area contributed by atoms with Crippen molar-refractivity contribution in [3.8, 4) is 0 Å². The molecule has 0 bridgehead atoms. The summed E-state index contributed by atoms with van der Waals surface area (Å²) in [6.45, 7) is 11.7. The SMILES string of the molecule is BrCc1ncc(C2CC2)cn1.CC1CN(Cc2ncc(C3CC3)cn2)CC1c1nn2c(C3CCOCC3)ncc2c(=O)[nH]1.CC1CNCC1c1nn2c(C3CCOCC3)ncc2c(=O)[nH]1. The Kier molecular flexibility index (Phi) is 13.3. The Morgan fingerprint density at radius 3 is 1.54 bits per heavy atom. The number of imidazole rings is 2. The van der Waals surface area contributed by atoms with Crippen LogP contribution < -0.4 is 16.4 Å². The predicted molar refractivity (Wildman–Crippen MR) is 245 cm³/mol. The number of aromatic nitrogens is 12. The number of hydrogen-bond acceptors (Lipinski definition) is 14. The van der Waals surface area contributed by atoms with Crippen LogP contribution in [-0.4, -0.2) is 117 Å². The maximum absolute atomic E-state index is 12.8. The number of nitrogens with zero attached hydrogens (tertiary/aromatic N) is 11. The number of rotatable bonds is 9. The van der Waals surface area contributed by atoms with Gasteiger partial charge in [0.05, 0.1) is 24.3 Å². The van der Waals surface area contributed by atoms with Gasteiger partial charge in [0.2, 0.25) is 0 Å². The second-order valence-corrected chi connectivity index (χ2v) is 19.4. The highest BCUT2D eigenvalue weighted by molar-refractivity contribution is 9.08. The molecule has 19 heteroatoms. The molecule has 65 heavy (non-hydrogen) atoms. The van der Waals surface area contributed by atoms with E-state index in [0.717, 1.165) is 131 Å². The van der Waals surface area contributed by atoms with Crippen LogP contribution in [0.2, 0.25) is 0 Å². The van der Waals surface area contributed by atoms with Crippen LogP contribution in [0.1, 0.15) is 147 Å². The van der Waals surface area contributed by atoms with E-state index in [-0.39, 0.29) is 28.9 Å². The Morgan fingerprint density at radius 1 is 0.585 bits per heavy atom. The third kappa shape index (κ3) is 9.99. The lowest BCUT2D eigenvalue weighted by Crippen LogP contribution is -2.24. The summed E-state index contributed by atoms with van der Waals surface area (Å²) in [5.41, 5.74) is 3.39. The molecule has 2 saturated carbocycles. The van der Waals surface area contributed by atoms with Crippen molar-refractivity contribution in [2.45, 2.75) is 113 Å². The average molecular weight is 952 g/mol. The molecule has 0 radical (unpaired) electrons. The molecule has 3 N–H and O–H groups in total. The maximum atomic E-state index is 12.8. The van der Waals surface area contributed by atoms with Crippen LogP contribution in [0.5, 0.6) is 0 Å². The zero-order valence-corrected chi connectivity index (χ0v) is 38.8. The van der Waals surface area contributed by atoms with Gasteiger partial charge in [0.15, 0.2) is 11.0 Å². The lowest BCUT2D eigenvalue weighted by Gasteiger charge is -2.21. The largest absolute Gasteiger partial charge is 0.381 e. The number of H-pyrrole nitrogens is 2. The van der Waals surface area contributed by atoms with E-state index < -0.39 is 0 Å². The van der Waals surface area contributed by atoms with E-state index >= 15 is 0 Å². The van der Waals surface area contributed by atoms with Crippen LogP contribution in [-0.2, 0) is 21.3 Å². The van der Waals surface area contributed by atoms with Crippen molar-refractivity contribution < 1.29 is 9.47 Å². The minimum atomic E-state index is -0.120. The van der Waals surface area contributed by atoms with Crippen LogP contribution in [0.25, 0.3) is 11.0 Å². The number of nitrogens with one attached hydrogen (secondary N) is 3. The van der Waals surface area contributed by atoms with Crippen molar-refractivity contribution in [2.75, 3.05) is 52.6 Å². The highest BCUT2D eigenvalue weighted by Gasteiger charge is 2.35. The molecule has 0 aromatic carbocycles. The summed E-state index contributed by atoms with van der Waals surface area (Å²) in [6.07, 6.45) is 20.0. The molecule has 18 nitrogen and oxygen atoms in total. The lowest BCUT2D eigenvalue weighted by atomic mass is 9.97. The molecular formula is C46H59BrN14O4. The fourth-order valence-corrected chi connectivity index (χ4v) is 10.0. The zero-order valence-electron chi connectivity index (χ0n) is 37.2. The van der Waals surface area contributed by atoms with E-state index in [1.165, 1.54) is 36.8 Å². The summed E-state index contributed by atoms with van der Waals surface area (Å²) in [5.74, 6) is 8.29. The highest BCUT2D eigenvalue weighted by Crippen LogP contribution is 2.40. The third-order valence-electron chi connectivity index (χ3n) is 14.0. The molecule has 6 aromatic rings. The Balaban J connectivity index is 0.000000129. The van der Waals surface area contributed by atoms with E-state index in [2.05, 4.69) is 79.9 Å². The van der Waals surface area contributed by atoms with Gasteiger partial charge in [-0.15, -0.1) is 0 Å². The van der Waals surface area contributed by atoms with Crippen LogP contribution in [0, 0.1) is 11.8 Å². The number of halogens is 1. The monoisotopic (exact) mass is 950 g/mol. The molecule has 0 amide bonds. The van der Waals surface area contributed by atoms with Gasteiger partial charge in [-0.25, -0.2) is 38.9 Å². The second kappa shape index (κ2) is 19.6. The van der Waals surface area contributed by atoms with E-state index in [1.54, 1.807) is 21.4 Å². The lowest BCUT2D eigenvalue weighted by molar-refractivity contribution is 0.0831. The van der Waals surface area contributed by atoms with Crippen LogP contribution >= 0.6 is 15.9 Å². The van der Waals surface area contributed by atoms with E-state index in [1.807, 2.05) is 24.8 Å². The Morgan fingerprint density at radius 2 is 1.08 bits per heavy atom. The summed E-state index contributed by atoms with van der Waals surface area (Å²) in [5, 5.41) is 13.7. The highest BCUT2D eigenvalue weighted by atomic mass is 79.9. The van der Waals surface area contributed by atoms with Crippen molar-refractivity contribution in [1.29, 1.82) is 0 Å². The molecule has 0 spiro atoms. The summed E-state index contributed by atoms with van der Waals surface area (Å²) in [7, 11) is 0. The molecule has 344 valence electrons. The normalized spacial score (nSPS) is 24.2. The van der Waals surface area contributed by atoms with Gasteiger partial charge in [0.25, 0.3) is 11.1 Å². The molecule has 4 aliphatic heterocycles. The Hall–Kier alpha value is -4.82. The Labute approximate surface area is 385 Å². The standard InChI is InChI=1S/C23H29N7O2.C15H21N5O2.C8H9BrN2/c1-14-11-29(13-20-24-8-17(9-25-20)15-2-3-15)12-18(14)21-27-23(31)19-10-26-22(30(19)28-21)16-4-6-32-7-5-16;1-9-6-16-7-11(9)13-18-15(21)12-8-17-14(20(12)19-13)10-2-4-22-5-3-10;9-3-8-10-4-7(5-11-8)6-1-2-6/h8-10,14-16,18H,2-7,11-13H2,1H3,(H,27,28,31);8-11,16H,2-7H2,1H3,(H,18,19,21);4-6H,1-3H2. The van der Waals surface area contributed by atoms with Gasteiger partial charge in [0.1, 0.15) is 34.9 Å². The number of hydrogen-bond donors (Lipinski definition) is 3. The summed E-state index contributed by atoms with van der Waals surface area (Å²) in [6, 6.07) is 0. The number of fused-ring (bicyclic) bond motifs is 2. The van der Waals surface area contributed by atoms with Crippen molar-refractivity contribution in [2.24, 2.45) is 11.8 Å². The molecule has 4 saturated heterocycles. The van der Waals surface area contributed by atoms with Crippen LogP contribution in [0.4, 0.5) is 0 Å². The minimum absolute atomic E-state index is 0.102. The smallest absolute Gasteiger partial charge is 0.276 e. The van der Waals surface area contributed by atoms with E-state index in [0.29, 0.717) is 34.7 Å². The predicted octanol–water partition coefficient (Wildman–Crippen LogP) is 5.10. The van der Waals surface area contributed by atoms with Crippen molar-refractivity contribution in [3.63, 3.8) is 0 Å². The van der Waals surface area contributed by atoms with Gasteiger partial charge < -0.3 is 24.8 Å². The number of ether oxygens (including phenoxy) is 2. The summed E-state index contributed by atoms with van der Waals surface area (Å²) >= 11 is 3.31. The van der Waals surface area contributed by atoms with Crippen LogP contribution in [0.3, 0.4) is 0 Å². The Bertz CT molecular complexity index is 2670. The fourth-order valence-electron chi connectivity index (χ4n) is 9.73. The first-order valence-corrected chi connectivity index (χ1v) is 24.6. The van der Waals surface area contributed by atoms with Crippen molar-refractivity contribution >= 4 is 27.0 Å². The fraction of sp³-hybridized carbons (Fsp3) is 0.609. The summed E-state index contributed by atoms with van der Waals surface area (Å²) < 4.78 is 14.4. The van der Waals surface area contributed by atoms with Crippen molar-refractivity contribution in [1.82, 2.24) is 69.3 Å². The maximum Gasteiger partial charge on any atom is 0.276 e. The van der Waals surface area contributed by atoms with Gasteiger partial charge >= 0.3 is 0 Å². The number of aromatic amines is 2. The molecule has 6 aromatic heterocycles. The molecule has 6 fully saturated rings. The van der Waals surface area contributed by atoms with Gasteiger partial charge in [-0.1, -0.05) is 29.8 Å². The van der Waals surface area contributed by atoms with Gasteiger partial charge in [-0.05, 0) is 92.7 Å². The van der Waals surface area contributed by atoms with E-state index in [9.17, 15) is 9.59 Å². The number of alkyl halides is 1. The minimum Gasteiger partial charge on any atom is -0.381 e. The third-order valence-corrected chi connectivity index (χ3v) is 14.5. The first kappa shape index (κ1) is 44.0. The first-order chi connectivity index (χ1) is 31.8. The topological polar surface area (TPSA) is 211 Å². The van der Waals surface area contributed by atoms with Gasteiger partial charge in [-0.2, -0.15) is 10.2 Å². The zero-order chi connectivity index (χ0) is 44.4. The van der Waals surface area contributed by atoms with E-state index in [4.69, 9.17) is 19.7 Å². The van der Waals surface area contributed by atoms with Gasteiger partial charge in [-0.3, -0.25) is 14.5 Å². The van der Waals surface area contributed by atoms with Gasteiger partial charge in [0, 0.05) is 94.5 Å². The molecule has 4 unspecified atom stereocenters. The average Bonchev–Trinajstić information content (AvgIpc) is 4.20. The summed E-state index contributed by atoms with van der Waals surface area (Å²) in [4.78, 5) is 60.1. The van der Waals surface area contributed by atoms with Crippen LogP contribution in [0.15, 0.2) is 46.8 Å². The quantitative estimate of drug-likeness (QED) is 0.161. The molecule has 10 heterocycles. The molecular weight excluding hydrogens is 893 g/mol. The molecule has 4 atom stereocenters.